The van der Waals surface area contributed by atoms with E-state index in [4.69, 9.17) is 5.11 Å². The SMILES string of the molecule is O=C(O)/C=C/CNC(=O)C(Cc1ccc(O)cc1)NC(=O)c1ccncc1. The molecule has 0 saturated carbocycles. The molecule has 1 unspecified atom stereocenters. The summed E-state index contributed by atoms with van der Waals surface area (Å²) in [6, 6.07) is 8.46. The molecule has 0 aliphatic heterocycles. The first-order chi connectivity index (χ1) is 13.0. The number of nitrogens with one attached hydrogen (secondary N) is 2. The van der Waals surface area contributed by atoms with Gasteiger partial charge in [-0.05, 0) is 29.8 Å². The lowest BCUT2D eigenvalue weighted by atomic mass is 10.0. The monoisotopic (exact) mass is 369 g/mol. The number of rotatable bonds is 8. The number of phenols is 1. The molecule has 1 aromatic heterocycles. The number of carbonyl (C=O) groups excluding carboxylic acids is 2. The standard InChI is InChI=1S/C19H19N3O5/c23-15-5-3-13(4-6-15)12-16(19(27)21-9-1-2-17(24)25)22-18(26)14-7-10-20-11-8-14/h1-8,10-11,16,23H,9,12H2,(H,21,27)(H,22,26)(H,24,25)/b2-1+. The molecule has 1 heterocycles. The number of pyridine rings is 1. The molecule has 1 aromatic carbocycles. The van der Waals surface area contributed by atoms with Crippen LogP contribution in [0.25, 0.3) is 0 Å². The number of amides is 2. The summed E-state index contributed by atoms with van der Waals surface area (Å²) in [5.74, 6) is -1.91. The van der Waals surface area contributed by atoms with E-state index in [1.807, 2.05) is 0 Å². The zero-order valence-corrected chi connectivity index (χ0v) is 14.3. The normalized spacial score (nSPS) is 11.7. The van der Waals surface area contributed by atoms with Crippen LogP contribution in [0.15, 0.2) is 60.9 Å². The Balaban J connectivity index is 2.09. The maximum Gasteiger partial charge on any atom is 0.328 e. The number of aromatic hydroxyl groups is 1. The van der Waals surface area contributed by atoms with Gasteiger partial charge in [-0.1, -0.05) is 18.2 Å². The molecule has 0 spiro atoms. The number of benzene rings is 1. The number of aromatic nitrogens is 1. The minimum Gasteiger partial charge on any atom is -0.508 e. The number of phenolic OH excluding ortho intramolecular Hbond substituents is 1. The van der Waals surface area contributed by atoms with E-state index in [0.29, 0.717) is 5.56 Å². The molecular weight excluding hydrogens is 350 g/mol. The van der Waals surface area contributed by atoms with Crippen LogP contribution in [0.2, 0.25) is 0 Å². The molecule has 2 amide bonds. The molecule has 0 bridgehead atoms. The van der Waals surface area contributed by atoms with Gasteiger partial charge in [-0.15, -0.1) is 0 Å². The van der Waals surface area contributed by atoms with E-state index in [2.05, 4.69) is 15.6 Å². The number of hydrogen-bond acceptors (Lipinski definition) is 5. The van der Waals surface area contributed by atoms with E-state index in [9.17, 15) is 19.5 Å². The van der Waals surface area contributed by atoms with Crippen LogP contribution in [0.3, 0.4) is 0 Å². The summed E-state index contributed by atoms with van der Waals surface area (Å²) in [4.78, 5) is 39.1. The van der Waals surface area contributed by atoms with Crippen LogP contribution in [0.1, 0.15) is 15.9 Å². The van der Waals surface area contributed by atoms with Gasteiger partial charge in [0.15, 0.2) is 0 Å². The highest BCUT2D eigenvalue weighted by atomic mass is 16.4. The first-order valence-electron chi connectivity index (χ1n) is 8.11. The number of aliphatic carboxylic acids is 1. The van der Waals surface area contributed by atoms with Crippen LogP contribution >= 0.6 is 0 Å². The Kier molecular flexibility index (Phi) is 7.07. The van der Waals surface area contributed by atoms with E-state index < -0.39 is 23.8 Å². The summed E-state index contributed by atoms with van der Waals surface area (Å²) in [7, 11) is 0. The molecule has 0 fully saturated rings. The van der Waals surface area contributed by atoms with E-state index >= 15 is 0 Å². The fourth-order valence-electron chi connectivity index (χ4n) is 2.26. The average molecular weight is 369 g/mol. The number of carboxylic acids is 1. The van der Waals surface area contributed by atoms with Gasteiger partial charge in [0, 0.05) is 37.0 Å². The summed E-state index contributed by atoms with van der Waals surface area (Å²) in [6.45, 7) is 0.0162. The third-order valence-electron chi connectivity index (χ3n) is 3.60. The van der Waals surface area contributed by atoms with Crippen LogP contribution in [0.4, 0.5) is 0 Å². The minimum absolute atomic E-state index is 0.0162. The summed E-state index contributed by atoms with van der Waals surface area (Å²) >= 11 is 0. The number of hydrogen-bond donors (Lipinski definition) is 4. The molecule has 0 aliphatic rings. The topological polar surface area (TPSA) is 129 Å². The zero-order chi connectivity index (χ0) is 19.6. The van der Waals surface area contributed by atoms with Crippen molar-refractivity contribution in [3.05, 3.63) is 72.1 Å². The predicted octanol–water partition coefficient (Wildman–Crippen LogP) is 0.885. The van der Waals surface area contributed by atoms with Crippen LogP contribution in [0, 0.1) is 0 Å². The molecule has 4 N–H and O–H groups in total. The van der Waals surface area contributed by atoms with Crippen molar-refractivity contribution >= 4 is 17.8 Å². The Bertz CT molecular complexity index is 819. The molecule has 27 heavy (non-hydrogen) atoms. The molecule has 140 valence electrons. The van der Waals surface area contributed by atoms with Gasteiger partial charge in [-0.2, -0.15) is 0 Å². The lowest BCUT2D eigenvalue weighted by Gasteiger charge is -2.18. The van der Waals surface area contributed by atoms with Crippen LogP contribution in [-0.2, 0) is 16.0 Å². The quantitative estimate of drug-likeness (QED) is 0.512. The van der Waals surface area contributed by atoms with Crippen LogP contribution < -0.4 is 10.6 Å². The molecule has 8 heteroatoms. The van der Waals surface area contributed by atoms with Crippen LogP contribution in [-0.4, -0.2) is 45.6 Å². The van der Waals surface area contributed by atoms with Crippen molar-refractivity contribution in [2.75, 3.05) is 6.54 Å². The summed E-state index contributed by atoms with van der Waals surface area (Å²) in [6.07, 6.45) is 5.36. The van der Waals surface area contributed by atoms with Crippen molar-refractivity contribution in [3.63, 3.8) is 0 Å². The zero-order valence-electron chi connectivity index (χ0n) is 14.3. The van der Waals surface area contributed by atoms with Gasteiger partial charge in [0.2, 0.25) is 5.91 Å². The molecule has 0 saturated heterocycles. The highest BCUT2D eigenvalue weighted by Crippen LogP contribution is 2.12. The first kappa shape index (κ1) is 19.6. The van der Waals surface area contributed by atoms with Crippen LogP contribution in [0.5, 0.6) is 5.75 Å². The molecular formula is C19H19N3O5. The third kappa shape index (κ3) is 6.62. The van der Waals surface area contributed by atoms with Gasteiger partial charge in [0.25, 0.3) is 5.91 Å². The Morgan fingerprint density at radius 3 is 2.37 bits per heavy atom. The van der Waals surface area contributed by atoms with Crippen molar-refractivity contribution in [3.8, 4) is 5.75 Å². The highest BCUT2D eigenvalue weighted by Gasteiger charge is 2.21. The minimum atomic E-state index is -1.11. The maximum atomic E-state index is 12.5. The van der Waals surface area contributed by atoms with Crippen molar-refractivity contribution in [2.24, 2.45) is 0 Å². The fourth-order valence-corrected chi connectivity index (χ4v) is 2.26. The van der Waals surface area contributed by atoms with E-state index in [1.54, 1.807) is 12.1 Å². The Morgan fingerprint density at radius 2 is 1.74 bits per heavy atom. The van der Waals surface area contributed by atoms with Gasteiger partial charge in [-0.3, -0.25) is 14.6 Å². The lowest BCUT2D eigenvalue weighted by Crippen LogP contribution is -2.48. The average Bonchev–Trinajstić information content (AvgIpc) is 2.66. The third-order valence-corrected chi connectivity index (χ3v) is 3.60. The molecule has 1 atom stereocenters. The second kappa shape index (κ2) is 9.71. The second-order valence-electron chi connectivity index (χ2n) is 5.62. The molecule has 2 rings (SSSR count). The highest BCUT2D eigenvalue weighted by molar-refractivity contribution is 5.97. The summed E-state index contributed by atoms with van der Waals surface area (Å²) in [5.41, 5.74) is 1.10. The van der Waals surface area contributed by atoms with E-state index in [0.717, 1.165) is 11.6 Å². The number of carboxylic acid groups (broad SMARTS) is 1. The number of carbonyl (C=O) groups is 3. The van der Waals surface area contributed by atoms with Crippen molar-refractivity contribution < 1.29 is 24.6 Å². The molecule has 0 radical (unpaired) electrons. The molecule has 0 aliphatic carbocycles. The van der Waals surface area contributed by atoms with Gasteiger partial charge in [0.05, 0.1) is 0 Å². The smallest absolute Gasteiger partial charge is 0.328 e. The largest absolute Gasteiger partial charge is 0.508 e. The Labute approximate surface area is 155 Å². The number of nitrogens with zero attached hydrogens (tertiary/aromatic N) is 1. The van der Waals surface area contributed by atoms with Gasteiger partial charge < -0.3 is 20.8 Å². The maximum absolute atomic E-state index is 12.5. The fraction of sp³-hybridized carbons (Fsp3) is 0.158. The summed E-state index contributed by atoms with van der Waals surface area (Å²) < 4.78 is 0. The van der Waals surface area contributed by atoms with Gasteiger partial charge in [-0.25, -0.2) is 4.79 Å². The van der Waals surface area contributed by atoms with Crippen molar-refractivity contribution in [2.45, 2.75) is 12.5 Å². The van der Waals surface area contributed by atoms with E-state index in [1.165, 1.54) is 42.7 Å². The summed E-state index contributed by atoms with van der Waals surface area (Å²) in [5, 5.41) is 23.2. The van der Waals surface area contributed by atoms with Gasteiger partial charge in [0.1, 0.15) is 11.8 Å². The lowest BCUT2D eigenvalue weighted by molar-refractivity contribution is -0.131. The molecule has 8 nitrogen and oxygen atoms in total. The Hall–Kier alpha value is -3.68. The second-order valence-corrected chi connectivity index (χ2v) is 5.62. The van der Waals surface area contributed by atoms with Gasteiger partial charge >= 0.3 is 5.97 Å². The molecule has 2 aromatic rings. The first-order valence-corrected chi connectivity index (χ1v) is 8.11. The van der Waals surface area contributed by atoms with Crippen molar-refractivity contribution in [1.82, 2.24) is 15.6 Å². The Morgan fingerprint density at radius 1 is 1.07 bits per heavy atom. The predicted molar refractivity (Wildman–Crippen MR) is 97.1 cm³/mol. The van der Waals surface area contributed by atoms with E-state index in [-0.39, 0.29) is 18.7 Å². The van der Waals surface area contributed by atoms with Crippen molar-refractivity contribution in [1.29, 1.82) is 0 Å².